The molecular formula is C37H32N6O4. The average molecular weight is 625 g/mol. The van der Waals surface area contributed by atoms with Gasteiger partial charge in [-0.05, 0) is 91.4 Å². The number of benzene rings is 5. The summed E-state index contributed by atoms with van der Waals surface area (Å²) in [6, 6.07) is 32.9. The van der Waals surface area contributed by atoms with Gasteiger partial charge in [0.05, 0.1) is 5.56 Å². The molecule has 0 spiro atoms. The van der Waals surface area contributed by atoms with Crippen molar-refractivity contribution < 1.29 is 19.1 Å². The van der Waals surface area contributed by atoms with Gasteiger partial charge in [-0.15, -0.1) is 10.2 Å². The molecule has 0 radical (unpaired) electrons. The number of nitrogens with one attached hydrogen (secondary N) is 3. The van der Waals surface area contributed by atoms with E-state index in [0.29, 0.717) is 45.7 Å². The van der Waals surface area contributed by atoms with Crippen LogP contribution in [0.4, 0.5) is 11.4 Å². The van der Waals surface area contributed by atoms with E-state index in [0.717, 1.165) is 22.1 Å². The van der Waals surface area contributed by atoms with Gasteiger partial charge in [-0.2, -0.15) is 5.21 Å². The van der Waals surface area contributed by atoms with Crippen LogP contribution in [0.5, 0.6) is 0 Å². The molecule has 1 aromatic heterocycles. The number of esters is 1. The third kappa shape index (κ3) is 7.39. The van der Waals surface area contributed by atoms with Crippen LogP contribution in [0.3, 0.4) is 0 Å². The maximum absolute atomic E-state index is 13.2. The molecule has 0 aliphatic carbocycles. The van der Waals surface area contributed by atoms with Gasteiger partial charge in [0.15, 0.2) is 5.82 Å². The molecule has 6 rings (SSSR count). The van der Waals surface area contributed by atoms with E-state index in [4.69, 9.17) is 4.74 Å². The largest absolute Gasteiger partial charge is 0.456 e. The van der Waals surface area contributed by atoms with Crippen LogP contribution < -0.4 is 10.6 Å². The first kappa shape index (κ1) is 30.8. The Hall–Kier alpha value is -6.16. The van der Waals surface area contributed by atoms with Gasteiger partial charge in [-0.25, -0.2) is 4.79 Å². The summed E-state index contributed by atoms with van der Waals surface area (Å²) < 4.78 is 5.58. The Labute approximate surface area is 271 Å². The van der Waals surface area contributed by atoms with E-state index in [9.17, 15) is 14.4 Å². The first-order valence-corrected chi connectivity index (χ1v) is 15.0. The number of amides is 2. The first-order chi connectivity index (χ1) is 22.6. The standard InChI is InChI=1S/C37H32N6O4/c1-37(2,3)47-36(46)31-19-20-32(30-10-5-4-9-29(30)31)39-34(44)26-13-11-24(12-14-26)25-15-17-28(18-16-25)38-35(45)27-8-6-7-23(21-27)22-33-40-42-43-41-33/h4-21H,22H2,1-3H3,(H,38,45)(H,39,44)(H,40,41,42,43). The minimum absolute atomic E-state index is 0.227. The summed E-state index contributed by atoms with van der Waals surface area (Å²) in [5, 5.41) is 21.3. The molecule has 0 unspecified atom stereocenters. The number of carbonyl (C=O) groups is 3. The summed E-state index contributed by atoms with van der Waals surface area (Å²) in [5.74, 6) is -0.367. The van der Waals surface area contributed by atoms with Crippen molar-refractivity contribution in [2.75, 3.05) is 10.6 Å². The average Bonchev–Trinajstić information content (AvgIpc) is 3.57. The lowest BCUT2D eigenvalue weighted by molar-refractivity contribution is 0.00716. The molecule has 10 nitrogen and oxygen atoms in total. The zero-order valence-electron chi connectivity index (χ0n) is 26.1. The monoisotopic (exact) mass is 624 g/mol. The number of hydrogen-bond acceptors (Lipinski definition) is 7. The molecule has 0 saturated heterocycles. The second-order valence-corrected chi connectivity index (χ2v) is 12.0. The molecular weight excluding hydrogens is 592 g/mol. The molecule has 0 aliphatic heterocycles. The van der Waals surface area contributed by atoms with Gasteiger partial charge in [0.1, 0.15) is 5.60 Å². The second-order valence-electron chi connectivity index (χ2n) is 12.0. The number of aromatic nitrogens is 4. The van der Waals surface area contributed by atoms with Crippen LogP contribution in [0.2, 0.25) is 0 Å². The summed E-state index contributed by atoms with van der Waals surface area (Å²) >= 11 is 0. The number of aromatic amines is 1. The van der Waals surface area contributed by atoms with Crippen molar-refractivity contribution in [2.24, 2.45) is 0 Å². The Balaban J connectivity index is 1.11. The highest BCUT2D eigenvalue weighted by molar-refractivity contribution is 6.13. The van der Waals surface area contributed by atoms with Crippen LogP contribution in [0, 0.1) is 0 Å². The number of nitrogens with zero attached hydrogens (tertiary/aromatic N) is 3. The van der Waals surface area contributed by atoms with Gasteiger partial charge < -0.3 is 15.4 Å². The van der Waals surface area contributed by atoms with E-state index in [1.54, 1.807) is 36.4 Å². The maximum Gasteiger partial charge on any atom is 0.339 e. The van der Waals surface area contributed by atoms with Crippen molar-refractivity contribution in [3.8, 4) is 11.1 Å². The van der Waals surface area contributed by atoms with Crippen LogP contribution >= 0.6 is 0 Å². The second kappa shape index (κ2) is 13.1. The lowest BCUT2D eigenvalue weighted by atomic mass is 10.0. The van der Waals surface area contributed by atoms with E-state index in [-0.39, 0.29) is 11.8 Å². The van der Waals surface area contributed by atoms with Crippen molar-refractivity contribution in [2.45, 2.75) is 32.8 Å². The predicted molar refractivity (Wildman–Crippen MR) is 180 cm³/mol. The highest BCUT2D eigenvalue weighted by Gasteiger charge is 2.21. The summed E-state index contributed by atoms with van der Waals surface area (Å²) in [4.78, 5) is 39.0. The number of tetrazole rings is 1. The topological polar surface area (TPSA) is 139 Å². The van der Waals surface area contributed by atoms with Crippen LogP contribution in [0.15, 0.2) is 109 Å². The van der Waals surface area contributed by atoms with Crippen molar-refractivity contribution >= 4 is 39.9 Å². The molecule has 3 N–H and O–H groups in total. The quantitative estimate of drug-likeness (QED) is 0.154. The molecule has 1 heterocycles. The third-order valence-corrected chi connectivity index (χ3v) is 7.35. The van der Waals surface area contributed by atoms with Gasteiger partial charge in [0.25, 0.3) is 11.8 Å². The van der Waals surface area contributed by atoms with Crippen LogP contribution in [0.1, 0.15) is 63.2 Å². The molecule has 0 fully saturated rings. The lowest BCUT2D eigenvalue weighted by Crippen LogP contribution is -2.24. The highest BCUT2D eigenvalue weighted by Crippen LogP contribution is 2.29. The molecule has 5 aromatic carbocycles. The Morgan fingerprint density at radius 2 is 1.40 bits per heavy atom. The lowest BCUT2D eigenvalue weighted by Gasteiger charge is -2.20. The van der Waals surface area contributed by atoms with Crippen molar-refractivity contribution in [3.05, 3.63) is 137 Å². The van der Waals surface area contributed by atoms with Gasteiger partial charge in [0.2, 0.25) is 0 Å². The summed E-state index contributed by atoms with van der Waals surface area (Å²) in [7, 11) is 0. The predicted octanol–water partition coefficient (Wildman–Crippen LogP) is 7.07. The van der Waals surface area contributed by atoms with Crippen molar-refractivity contribution in [3.63, 3.8) is 0 Å². The Kier molecular flexibility index (Phi) is 8.57. The molecule has 0 saturated carbocycles. The summed E-state index contributed by atoms with van der Waals surface area (Å²) in [6.07, 6.45) is 0.465. The highest BCUT2D eigenvalue weighted by atomic mass is 16.6. The molecule has 10 heteroatoms. The SMILES string of the molecule is CC(C)(C)OC(=O)c1ccc(NC(=O)c2ccc(-c3ccc(NC(=O)c4cccc(Cc5nn[nH]n5)c4)cc3)cc2)c2ccccc12. The van der Waals surface area contributed by atoms with E-state index in [1.165, 1.54) is 0 Å². The molecule has 6 aromatic rings. The summed E-state index contributed by atoms with van der Waals surface area (Å²) in [6.45, 7) is 5.47. The smallest absolute Gasteiger partial charge is 0.339 e. The van der Waals surface area contributed by atoms with Crippen LogP contribution in [0.25, 0.3) is 21.9 Å². The molecule has 234 valence electrons. The van der Waals surface area contributed by atoms with Crippen molar-refractivity contribution in [1.29, 1.82) is 0 Å². The van der Waals surface area contributed by atoms with E-state index >= 15 is 0 Å². The molecule has 2 amide bonds. The molecule has 0 atom stereocenters. The summed E-state index contributed by atoms with van der Waals surface area (Å²) in [5.41, 5.74) is 4.82. The number of H-pyrrole nitrogens is 1. The Morgan fingerprint density at radius 1 is 0.723 bits per heavy atom. The number of carbonyl (C=O) groups excluding carboxylic acids is 3. The van der Waals surface area contributed by atoms with E-state index in [2.05, 4.69) is 31.3 Å². The van der Waals surface area contributed by atoms with Gasteiger partial charge in [-0.3, -0.25) is 9.59 Å². The van der Waals surface area contributed by atoms with Crippen LogP contribution in [-0.4, -0.2) is 44.0 Å². The fourth-order valence-electron chi connectivity index (χ4n) is 5.14. The number of fused-ring (bicyclic) bond motifs is 1. The Bertz CT molecular complexity index is 2070. The van der Waals surface area contributed by atoms with Crippen molar-refractivity contribution in [1.82, 2.24) is 20.6 Å². The zero-order valence-corrected chi connectivity index (χ0v) is 26.1. The first-order valence-electron chi connectivity index (χ1n) is 15.0. The molecule has 0 aliphatic rings. The normalized spacial score (nSPS) is 11.2. The third-order valence-electron chi connectivity index (χ3n) is 7.35. The Morgan fingerprint density at radius 3 is 2.09 bits per heavy atom. The van der Waals surface area contributed by atoms with Gasteiger partial charge in [-0.1, -0.05) is 65.9 Å². The van der Waals surface area contributed by atoms with Gasteiger partial charge >= 0.3 is 5.97 Å². The minimum atomic E-state index is -0.624. The fourth-order valence-corrected chi connectivity index (χ4v) is 5.14. The fraction of sp³-hybridized carbons (Fsp3) is 0.135. The minimum Gasteiger partial charge on any atom is -0.456 e. The number of anilines is 2. The van der Waals surface area contributed by atoms with Crippen LogP contribution in [-0.2, 0) is 11.2 Å². The maximum atomic E-state index is 13.2. The van der Waals surface area contributed by atoms with Gasteiger partial charge in [0, 0.05) is 34.3 Å². The van der Waals surface area contributed by atoms with E-state index < -0.39 is 11.6 Å². The number of rotatable bonds is 8. The van der Waals surface area contributed by atoms with E-state index in [1.807, 2.05) is 93.6 Å². The number of ether oxygens (including phenoxy) is 1. The molecule has 0 bridgehead atoms. The number of hydrogen-bond donors (Lipinski definition) is 3. The zero-order chi connectivity index (χ0) is 33.0. The molecule has 47 heavy (non-hydrogen) atoms.